The molecule has 0 aromatic carbocycles. The highest BCUT2D eigenvalue weighted by Crippen LogP contribution is 2.47. The van der Waals surface area contributed by atoms with Crippen molar-refractivity contribution in [2.75, 3.05) is 0 Å². The smallest absolute Gasteiger partial charge is 0.258 e. The van der Waals surface area contributed by atoms with Crippen molar-refractivity contribution in [3.63, 3.8) is 0 Å². The predicted octanol–water partition coefficient (Wildman–Crippen LogP) is 2.55. The van der Waals surface area contributed by atoms with E-state index in [0.29, 0.717) is 24.2 Å². The van der Waals surface area contributed by atoms with Gasteiger partial charge in [0.2, 0.25) is 5.91 Å². The average molecular weight is 304 g/mol. The van der Waals surface area contributed by atoms with Crippen LogP contribution in [0.25, 0.3) is 0 Å². The van der Waals surface area contributed by atoms with Crippen LogP contribution in [0.4, 0.5) is 0 Å². The fourth-order valence-corrected chi connectivity index (χ4v) is 4.01. The maximum absolute atomic E-state index is 13.0. The molecule has 120 valence electrons. The van der Waals surface area contributed by atoms with Crippen LogP contribution in [0.2, 0.25) is 0 Å². The summed E-state index contributed by atoms with van der Waals surface area (Å²) in [4.78, 5) is 26.7. The molecule has 0 atom stereocenters. The number of unbranched alkanes of at least 4 members (excludes halogenated alkanes) is 1. The number of amides is 2. The summed E-state index contributed by atoms with van der Waals surface area (Å²) >= 11 is 0. The summed E-state index contributed by atoms with van der Waals surface area (Å²) in [5.41, 5.74) is 5.45. The van der Waals surface area contributed by atoms with Gasteiger partial charge in [-0.1, -0.05) is 13.3 Å². The van der Waals surface area contributed by atoms with E-state index in [1.165, 1.54) is 0 Å². The standard InChI is InChI=1S/C17H24N2O3/c1-3-4-5-13-10-14(11(2)22-13)15(20)19-12-6-8-17(19,9-7-12)16(18)21/h10,12H,3-9H2,1-2H3,(H2,18,21). The molecule has 2 fully saturated rings. The number of hydrogen-bond acceptors (Lipinski definition) is 3. The molecule has 22 heavy (non-hydrogen) atoms. The molecule has 2 aliphatic heterocycles. The van der Waals surface area contributed by atoms with Crippen molar-refractivity contribution in [3.8, 4) is 0 Å². The highest BCUT2D eigenvalue weighted by atomic mass is 16.3. The molecular weight excluding hydrogens is 280 g/mol. The zero-order valence-electron chi connectivity index (χ0n) is 13.4. The molecule has 1 aromatic rings. The van der Waals surface area contributed by atoms with Crippen LogP contribution in [0.1, 0.15) is 67.3 Å². The van der Waals surface area contributed by atoms with Gasteiger partial charge in [-0.3, -0.25) is 9.59 Å². The molecule has 0 aliphatic carbocycles. The average Bonchev–Trinajstić information content (AvgIpc) is 3.16. The number of primary amides is 1. The summed E-state index contributed by atoms with van der Waals surface area (Å²) in [6.45, 7) is 3.94. The molecule has 2 aliphatic rings. The molecule has 1 aromatic heterocycles. The van der Waals surface area contributed by atoms with Gasteiger partial charge in [0.15, 0.2) is 0 Å². The molecule has 2 bridgehead atoms. The van der Waals surface area contributed by atoms with Crippen molar-refractivity contribution in [1.82, 2.24) is 4.90 Å². The van der Waals surface area contributed by atoms with E-state index in [1.54, 1.807) is 4.90 Å². The van der Waals surface area contributed by atoms with Gasteiger partial charge in [0.1, 0.15) is 17.1 Å². The largest absolute Gasteiger partial charge is 0.466 e. The van der Waals surface area contributed by atoms with Crippen molar-refractivity contribution in [2.24, 2.45) is 5.73 Å². The Hall–Kier alpha value is -1.78. The van der Waals surface area contributed by atoms with Crippen molar-refractivity contribution in [2.45, 2.75) is 70.4 Å². The second-order valence-corrected chi connectivity index (χ2v) is 6.59. The molecular formula is C17H24N2O3. The summed E-state index contributed by atoms with van der Waals surface area (Å²) in [6.07, 6.45) is 6.09. The van der Waals surface area contributed by atoms with Crippen molar-refractivity contribution in [3.05, 3.63) is 23.2 Å². The lowest BCUT2D eigenvalue weighted by Gasteiger charge is -2.31. The van der Waals surface area contributed by atoms with E-state index < -0.39 is 5.54 Å². The number of furan rings is 1. The first kappa shape index (κ1) is 15.1. The van der Waals surface area contributed by atoms with Gasteiger partial charge in [-0.2, -0.15) is 0 Å². The van der Waals surface area contributed by atoms with E-state index in [9.17, 15) is 9.59 Å². The second kappa shape index (κ2) is 5.45. The number of hydrogen-bond donors (Lipinski definition) is 1. The van der Waals surface area contributed by atoms with Crippen LogP contribution in [0.3, 0.4) is 0 Å². The van der Waals surface area contributed by atoms with Crippen LogP contribution in [-0.4, -0.2) is 28.3 Å². The van der Waals surface area contributed by atoms with Gasteiger partial charge in [0.05, 0.1) is 5.56 Å². The number of aryl methyl sites for hydroxylation is 2. The number of nitrogens with zero attached hydrogens (tertiary/aromatic N) is 1. The summed E-state index contributed by atoms with van der Waals surface area (Å²) in [5, 5.41) is 0. The predicted molar refractivity (Wildman–Crippen MR) is 82.4 cm³/mol. The maximum Gasteiger partial charge on any atom is 0.258 e. The quantitative estimate of drug-likeness (QED) is 0.908. The lowest BCUT2D eigenvalue weighted by atomic mass is 9.87. The fraction of sp³-hybridized carbons (Fsp3) is 0.647. The first-order valence-corrected chi connectivity index (χ1v) is 8.22. The molecule has 0 radical (unpaired) electrons. The molecule has 0 unspecified atom stereocenters. The summed E-state index contributed by atoms with van der Waals surface area (Å²) in [5.74, 6) is 1.03. The molecule has 3 rings (SSSR count). The highest BCUT2D eigenvalue weighted by Gasteiger charge is 2.57. The maximum atomic E-state index is 13.0. The Kier molecular flexibility index (Phi) is 3.75. The van der Waals surface area contributed by atoms with Gasteiger partial charge in [-0.15, -0.1) is 0 Å². The topological polar surface area (TPSA) is 76.5 Å². The number of carbonyl (C=O) groups is 2. The van der Waals surface area contributed by atoms with Crippen LogP contribution >= 0.6 is 0 Å². The van der Waals surface area contributed by atoms with E-state index in [-0.39, 0.29) is 17.9 Å². The van der Waals surface area contributed by atoms with E-state index in [1.807, 2.05) is 13.0 Å². The molecule has 2 saturated heterocycles. The lowest BCUT2D eigenvalue weighted by Crippen LogP contribution is -2.53. The van der Waals surface area contributed by atoms with E-state index in [4.69, 9.17) is 10.2 Å². The third-order valence-electron chi connectivity index (χ3n) is 5.26. The lowest BCUT2D eigenvalue weighted by molar-refractivity contribution is -0.126. The van der Waals surface area contributed by atoms with E-state index >= 15 is 0 Å². The number of carbonyl (C=O) groups excluding carboxylic acids is 2. The van der Waals surface area contributed by atoms with Gasteiger partial charge in [0.25, 0.3) is 5.91 Å². The third kappa shape index (κ3) is 2.14. The summed E-state index contributed by atoms with van der Waals surface area (Å²) in [7, 11) is 0. The minimum atomic E-state index is -0.769. The normalized spacial score (nSPS) is 26.6. The molecule has 0 saturated carbocycles. The van der Waals surface area contributed by atoms with Crippen LogP contribution in [-0.2, 0) is 11.2 Å². The van der Waals surface area contributed by atoms with Crippen LogP contribution in [0.5, 0.6) is 0 Å². The van der Waals surface area contributed by atoms with Crippen LogP contribution < -0.4 is 5.73 Å². The van der Waals surface area contributed by atoms with Gasteiger partial charge >= 0.3 is 0 Å². The molecule has 3 heterocycles. The van der Waals surface area contributed by atoms with E-state index in [2.05, 4.69) is 6.92 Å². The van der Waals surface area contributed by atoms with Crippen LogP contribution in [0.15, 0.2) is 10.5 Å². The molecule has 0 spiro atoms. The minimum Gasteiger partial charge on any atom is -0.466 e. The monoisotopic (exact) mass is 304 g/mol. The van der Waals surface area contributed by atoms with Crippen molar-refractivity contribution >= 4 is 11.8 Å². The number of nitrogens with two attached hydrogens (primary N) is 1. The van der Waals surface area contributed by atoms with Gasteiger partial charge in [-0.25, -0.2) is 0 Å². The highest BCUT2D eigenvalue weighted by molar-refractivity contribution is 6.00. The Bertz CT molecular complexity index is 597. The van der Waals surface area contributed by atoms with Crippen LogP contribution in [0, 0.1) is 6.92 Å². The van der Waals surface area contributed by atoms with Crippen molar-refractivity contribution in [1.29, 1.82) is 0 Å². The van der Waals surface area contributed by atoms with Crippen molar-refractivity contribution < 1.29 is 14.0 Å². The second-order valence-electron chi connectivity index (χ2n) is 6.59. The first-order chi connectivity index (χ1) is 10.5. The molecule has 2 N–H and O–H groups in total. The summed E-state index contributed by atoms with van der Waals surface area (Å²) < 4.78 is 5.72. The third-order valence-corrected chi connectivity index (χ3v) is 5.26. The first-order valence-electron chi connectivity index (χ1n) is 8.22. The van der Waals surface area contributed by atoms with Gasteiger partial charge in [-0.05, 0) is 45.1 Å². The minimum absolute atomic E-state index is 0.0946. The summed E-state index contributed by atoms with van der Waals surface area (Å²) in [6, 6.07) is 1.99. The Morgan fingerprint density at radius 2 is 2.09 bits per heavy atom. The molecule has 2 amide bonds. The molecule has 5 heteroatoms. The van der Waals surface area contributed by atoms with Gasteiger partial charge in [0, 0.05) is 12.5 Å². The zero-order valence-corrected chi connectivity index (χ0v) is 13.4. The SMILES string of the molecule is CCCCc1cc(C(=O)N2C3CCC2(C(N)=O)CC3)c(C)o1. The Labute approximate surface area is 130 Å². The zero-order chi connectivity index (χ0) is 15.9. The number of rotatable bonds is 5. The Morgan fingerprint density at radius 1 is 1.41 bits per heavy atom. The van der Waals surface area contributed by atoms with Gasteiger partial charge < -0.3 is 15.1 Å². The fourth-order valence-electron chi connectivity index (χ4n) is 4.01. The Morgan fingerprint density at radius 3 is 2.68 bits per heavy atom. The number of fused-ring (bicyclic) bond motifs is 2. The van der Waals surface area contributed by atoms with E-state index in [0.717, 1.165) is 37.9 Å². The Balaban J connectivity index is 1.88. The molecule has 5 nitrogen and oxygen atoms in total.